The van der Waals surface area contributed by atoms with Crippen LogP contribution in [0.2, 0.25) is 0 Å². The fourth-order valence-electron chi connectivity index (χ4n) is 5.03. The first-order valence-electron chi connectivity index (χ1n) is 14.7. The monoisotopic (exact) mass is 682 g/mol. The van der Waals surface area contributed by atoms with Gasteiger partial charge in [0.1, 0.15) is 11.9 Å². The molecule has 3 rings (SSSR count). The molecule has 0 N–H and O–H groups in total. The Bertz CT molecular complexity index is 1360. The van der Waals surface area contributed by atoms with Crippen molar-refractivity contribution < 1.29 is 80.9 Å². The van der Waals surface area contributed by atoms with Gasteiger partial charge in [-0.15, -0.1) is 0 Å². The first-order chi connectivity index (χ1) is 22.5. The zero-order valence-electron chi connectivity index (χ0n) is 27.4. The Hall–Kier alpha value is -4.61. The number of benzene rings is 1. The molecule has 264 valence electrons. The van der Waals surface area contributed by atoms with Crippen molar-refractivity contribution in [3.63, 3.8) is 0 Å². The van der Waals surface area contributed by atoms with Crippen molar-refractivity contribution in [1.29, 1.82) is 0 Å². The molecule has 1 aromatic rings. The SMILES string of the molecule is CC(=O)O[C@@H]1[C@@H](OC(C)=O)[C@H](Oc2ccc(C(C)=O)cc2)O[C@H](CO[C@@H]2OC[C@@H](OC(C)=O)[C@H](OC(C)=O)[C@H]2OC(C)=O)[C@H]1OC(C)=O. The van der Waals surface area contributed by atoms with Crippen LogP contribution in [0.1, 0.15) is 58.8 Å². The van der Waals surface area contributed by atoms with Gasteiger partial charge in [0, 0.05) is 47.1 Å². The van der Waals surface area contributed by atoms with E-state index in [9.17, 15) is 33.6 Å². The molecule has 48 heavy (non-hydrogen) atoms. The molecular weight excluding hydrogens is 644 g/mol. The van der Waals surface area contributed by atoms with E-state index in [1.165, 1.54) is 31.2 Å². The van der Waals surface area contributed by atoms with E-state index < -0.39 is 97.7 Å². The third-order valence-electron chi connectivity index (χ3n) is 6.74. The lowest BCUT2D eigenvalue weighted by Crippen LogP contribution is -2.64. The summed E-state index contributed by atoms with van der Waals surface area (Å²) in [7, 11) is 0. The third-order valence-corrected chi connectivity index (χ3v) is 6.74. The molecule has 2 fully saturated rings. The zero-order chi connectivity index (χ0) is 35.7. The number of esters is 6. The molecule has 0 aliphatic carbocycles. The van der Waals surface area contributed by atoms with Crippen LogP contribution >= 0.6 is 0 Å². The van der Waals surface area contributed by atoms with Crippen LogP contribution in [0.5, 0.6) is 5.75 Å². The number of Topliss-reactive ketones (excluding diaryl/α,β-unsaturated/α-hetero) is 1. The molecule has 17 heteroatoms. The van der Waals surface area contributed by atoms with Gasteiger partial charge in [0.2, 0.25) is 12.4 Å². The second-order valence-corrected chi connectivity index (χ2v) is 10.8. The summed E-state index contributed by atoms with van der Waals surface area (Å²) in [5.74, 6) is -4.80. The molecule has 2 heterocycles. The lowest BCUT2D eigenvalue weighted by atomic mass is 9.98. The summed E-state index contributed by atoms with van der Waals surface area (Å²) in [6, 6.07) is 5.91. The normalized spacial score (nSPS) is 28.2. The molecule has 0 amide bonds. The van der Waals surface area contributed by atoms with E-state index in [2.05, 4.69) is 0 Å². The minimum absolute atomic E-state index is 0.167. The standard InChI is InChI=1S/C31H38O17/c1-14(32)21-8-10-22(11-9-21)47-31-29(46-20(7)38)27(44-18(5)36)25(42-16(3)34)24(48-31)13-40-30-28(45-19(6)37)26(43-17(4)35)23(12-39-30)41-15(2)33/h8-11,23-31H,12-13H2,1-7H3/t23-,24-,25-,26+,27+,28-,29-,30+,31-/m1/s1. The maximum absolute atomic E-state index is 12.2. The topological polar surface area (TPSA) is 212 Å². The van der Waals surface area contributed by atoms with Crippen LogP contribution in [0.4, 0.5) is 0 Å². The number of ketones is 1. The van der Waals surface area contributed by atoms with Crippen LogP contribution in [-0.2, 0) is 71.4 Å². The first kappa shape index (κ1) is 37.8. The Morgan fingerprint density at radius 3 is 1.54 bits per heavy atom. The second kappa shape index (κ2) is 17.0. The van der Waals surface area contributed by atoms with Crippen molar-refractivity contribution in [3.05, 3.63) is 29.8 Å². The summed E-state index contributed by atoms with van der Waals surface area (Å²) in [6.07, 6.45) is -12.7. The molecule has 0 aromatic heterocycles. The van der Waals surface area contributed by atoms with Gasteiger partial charge in [0.15, 0.2) is 42.6 Å². The van der Waals surface area contributed by atoms with Gasteiger partial charge in [0.05, 0.1) is 13.2 Å². The van der Waals surface area contributed by atoms with Crippen molar-refractivity contribution in [2.45, 2.75) is 104 Å². The molecule has 17 nitrogen and oxygen atoms in total. The van der Waals surface area contributed by atoms with Crippen molar-refractivity contribution in [3.8, 4) is 5.75 Å². The van der Waals surface area contributed by atoms with Crippen molar-refractivity contribution in [2.24, 2.45) is 0 Å². The molecule has 2 aliphatic rings. The number of hydrogen-bond acceptors (Lipinski definition) is 17. The minimum Gasteiger partial charge on any atom is -0.461 e. The van der Waals surface area contributed by atoms with Crippen LogP contribution < -0.4 is 4.74 Å². The molecule has 1 aromatic carbocycles. The predicted molar refractivity (Wildman–Crippen MR) is 155 cm³/mol. The summed E-state index contributed by atoms with van der Waals surface area (Å²) in [6.45, 7) is 7.09. The van der Waals surface area contributed by atoms with Gasteiger partial charge in [-0.05, 0) is 31.2 Å². The van der Waals surface area contributed by atoms with E-state index in [-0.39, 0.29) is 18.1 Å². The lowest BCUT2D eigenvalue weighted by Gasteiger charge is -2.45. The highest BCUT2D eigenvalue weighted by atomic mass is 16.8. The van der Waals surface area contributed by atoms with Gasteiger partial charge in [0.25, 0.3) is 0 Å². The fraction of sp³-hybridized carbons (Fsp3) is 0.581. The second-order valence-electron chi connectivity index (χ2n) is 10.8. The Morgan fingerprint density at radius 2 is 1.04 bits per heavy atom. The molecule has 2 aliphatic heterocycles. The molecule has 0 bridgehead atoms. The van der Waals surface area contributed by atoms with Crippen LogP contribution in [0.25, 0.3) is 0 Å². The predicted octanol–water partition coefficient (Wildman–Crippen LogP) is 0.956. The van der Waals surface area contributed by atoms with Gasteiger partial charge in [-0.2, -0.15) is 0 Å². The smallest absolute Gasteiger partial charge is 0.303 e. The van der Waals surface area contributed by atoms with E-state index in [1.807, 2.05) is 0 Å². The van der Waals surface area contributed by atoms with Crippen LogP contribution in [0.3, 0.4) is 0 Å². The Balaban J connectivity index is 1.98. The molecule has 0 unspecified atom stereocenters. The molecule has 9 atom stereocenters. The maximum Gasteiger partial charge on any atom is 0.303 e. The lowest BCUT2D eigenvalue weighted by molar-refractivity contribution is -0.313. The summed E-state index contributed by atoms with van der Waals surface area (Å²) < 4.78 is 56.0. The van der Waals surface area contributed by atoms with Gasteiger partial charge in [-0.3, -0.25) is 33.6 Å². The van der Waals surface area contributed by atoms with E-state index in [0.717, 1.165) is 41.5 Å². The highest BCUT2D eigenvalue weighted by Gasteiger charge is 2.54. The highest BCUT2D eigenvalue weighted by Crippen LogP contribution is 2.32. The molecule has 2 saturated heterocycles. The van der Waals surface area contributed by atoms with Crippen molar-refractivity contribution >= 4 is 41.6 Å². The quantitative estimate of drug-likeness (QED) is 0.171. The largest absolute Gasteiger partial charge is 0.461 e. The van der Waals surface area contributed by atoms with Gasteiger partial charge < -0.3 is 47.4 Å². The fourth-order valence-corrected chi connectivity index (χ4v) is 5.03. The molecule has 0 radical (unpaired) electrons. The molecule has 0 spiro atoms. The number of carbonyl (C=O) groups is 7. The van der Waals surface area contributed by atoms with E-state index in [4.69, 9.17) is 47.4 Å². The van der Waals surface area contributed by atoms with E-state index >= 15 is 0 Å². The zero-order valence-corrected chi connectivity index (χ0v) is 27.4. The average molecular weight is 683 g/mol. The molecule has 0 saturated carbocycles. The van der Waals surface area contributed by atoms with E-state index in [1.54, 1.807) is 0 Å². The Kier molecular flexibility index (Phi) is 13.4. The number of hydrogen-bond donors (Lipinski definition) is 0. The summed E-state index contributed by atoms with van der Waals surface area (Å²) in [5, 5.41) is 0. The number of ether oxygens (including phenoxy) is 10. The summed E-state index contributed by atoms with van der Waals surface area (Å²) in [5.41, 5.74) is 0.389. The Morgan fingerprint density at radius 1 is 0.583 bits per heavy atom. The van der Waals surface area contributed by atoms with Gasteiger partial charge in [-0.1, -0.05) is 0 Å². The van der Waals surface area contributed by atoms with Gasteiger partial charge in [-0.25, -0.2) is 0 Å². The highest BCUT2D eigenvalue weighted by molar-refractivity contribution is 5.94. The minimum atomic E-state index is -1.50. The van der Waals surface area contributed by atoms with Crippen LogP contribution in [0.15, 0.2) is 24.3 Å². The maximum atomic E-state index is 12.2. The average Bonchev–Trinajstić information content (AvgIpc) is 2.96. The summed E-state index contributed by atoms with van der Waals surface area (Å²) >= 11 is 0. The Labute approximate surface area is 275 Å². The number of carbonyl (C=O) groups excluding carboxylic acids is 7. The third kappa shape index (κ3) is 10.7. The van der Waals surface area contributed by atoms with Gasteiger partial charge >= 0.3 is 35.8 Å². The molecular formula is C31H38O17. The first-order valence-corrected chi connectivity index (χ1v) is 14.7. The summed E-state index contributed by atoms with van der Waals surface area (Å²) in [4.78, 5) is 84.1. The van der Waals surface area contributed by atoms with E-state index in [0.29, 0.717) is 5.56 Å². The van der Waals surface area contributed by atoms with Crippen LogP contribution in [-0.4, -0.2) is 110 Å². The van der Waals surface area contributed by atoms with Crippen molar-refractivity contribution in [2.75, 3.05) is 13.2 Å². The van der Waals surface area contributed by atoms with Crippen LogP contribution in [0, 0.1) is 0 Å². The number of rotatable bonds is 12. The van der Waals surface area contributed by atoms with Crippen molar-refractivity contribution in [1.82, 2.24) is 0 Å².